The smallest absolute Gasteiger partial charge is 0.396 e. The highest BCUT2D eigenvalue weighted by molar-refractivity contribution is 6.33. The van der Waals surface area contributed by atoms with E-state index >= 15 is 0 Å². The fourth-order valence-corrected chi connectivity index (χ4v) is 0.362. The molecule has 0 atom stereocenters. The lowest BCUT2D eigenvalue weighted by molar-refractivity contribution is 0.284. The maximum Gasteiger partial charge on any atom is 0.762 e. The van der Waals surface area contributed by atoms with Crippen molar-refractivity contribution in [3.63, 3.8) is 0 Å². The molecule has 0 aromatic carbocycles. The molecule has 0 heterocycles. The number of aliphatic hydroxyl groups is 1. The molecule has 10 heavy (non-hydrogen) atoms. The summed E-state index contributed by atoms with van der Waals surface area (Å²) in [5, 5.41) is 8.20. The largest absolute Gasteiger partial charge is 0.762 e. The maximum absolute atomic E-state index is 9.67. The lowest BCUT2D eigenvalue weighted by Crippen LogP contribution is -1.78. The molecule has 0 aliphatic carbocycles. The number of hydrogen-bond donors (Lipinski definition) is 1. The second kappa shape index (κ2) is 11.6. The van der Waals surface area contributed by atoms with Crippen molar-refractivity contribution in [2.24, 2.45) is 0 Å². The zero-order chi connectivity index (χ0) is 8.41. The van der Waals surface area contributed by atoms with Crippen LogP contribution in [-0.2, 0) is 0 Å². The highest BCUT2D eigenvalue weighted by atomic mass is 19.4. The van der Waals surface area contributed by atoms with E-state index in [1.54, 1.807) is 0 Å². The van der Waals surface area contributed by atoms with E-state index in [0.29, 0.717) is 6.61 Å². The van der Waals surface area contributed by atoms with E-state index in [1.165, 1.54) is 6.42 Å². The third-order valence-electron chi connectivity index (χ3n) is 0.762. The van der Waals surface area contributed by atoms with Crippen LogP contribution in [0.15, 0.2) is 0 Å². The normalized spacial score (nSPS) is 8.10. The Balaban J connectivity index is 0. The van der Waals surface area contributed by atoms with Crippen LogP contribution in [0.25, 0.3) is 0 Å². The highest BCUT2D eigenvalue weighted by Gasteiger charge is 2.06. The van der Waals surface area contributed by atoms with Crippen molar-refractivity contribution in [1.29, 1.82) is 0 Å². The fourth-order valence-electron chi connectivity index (χ4n) is 0.362. The lowest BCUT2D eigenvalue weighted by atomic mass is 10.3. The molecule has 0 unspecified atom stereocenters. The van der Waals surface area contributed by atoms with Crippen LogP contribution in [0.4, 0.5) is 12.9 Å². The summed E-state index contributed by atoms with van der Waals surface area (Å²) >= 11 is 0. The van der Waals surface area contributed by atoms with Crippen LogP contribution in [0, 0.1) is 0 Å². The number of halogens is 3. The van der Waals surface area contributed by atoms with E-state index in [4.69, 9.17) is 5.11 Å². The molecule has 0 aliphatic rings. The topological polar surface area (TPSA) is 20.2 Å². The molecule has 0 radical (unpaired) electrons. The number of hydrogen-bond acceptors (Lipinski definition) is 1. The Morgan fingerprint density at radius 1 is 1.20 bits per heavy atom. The third-order valence-corrected chi connectivity index (χ3v) is 0.762. The third kappa shape index (κ3) is 45.8. The number of aliphatic hydroxyl groups excluding tert-OH is 1. The summed E-state index contributed by atoms with van der Waals surface area (Å²) in [4.78, 5) is 0. The zero-order valence-corrected chi connectivity index (χ0v) is 5.99. The van der Waals surface area contributed by atoms with Crippen molar-refractivity contribution in [1.82, 2.24) is 0 Å². The Morgan fingerprint density at radius 3 is 1.70 bits per heavy atom. The first-order valence-electron chi connectivity index (χ1n) is 3.18. The molecule has 0 aliphatic heterocycles. The Labute approximate surface area is 59.5 Å². The van der Waals surface area contributed by atoms with Gasteiger partial charge in [-0.2, -0.15) is 0 Å². The van der Waals surface area contributed by atoms with Gasteiger partial charge in [0.2, 0.25) is 0 Å². The van der Waals surface area contributed by atoms with Gasteiger partial charge in [0.25, 0.3) is 0 Å². The molecule has 1 nitrogen and oxygen atoms in total. The van der Waals surface area contributed by atoms with Crippen LogP contribution < -0.4 is 0 Å². The zero-order valence-electron chi connectivity index (χ0n) is 5.99. The lowest BCUT2D eigenvalue weighted by Gasteiger charge is -1.85. The van der Waals surface area contributed by atoms with Crippen LogP contribution in [0.2, 0.25) is 0 Å². The van der Waals surface area contributed by atoms with Crippen molar-refractivity contribution in [3.05, 3.63) is 0 Å². The standard InChI is InChI=1S/C5H12O.BF3/c1-2-3-4-5-6;2-1(3)4/h6H,2-5H2,1H3;. The molecular formula is C5H12BF3O. The van der Waals surface area contributed by atoms with Gasteiger partial charge in [0, 0.05) is 6.61 Å². The van der Waals surface area contributed by atoms with Crippen LogP contribution in [0.5, 0.6) is 0 Å². The Kier molecular flexibility index (Phi) is 14.5. The van der Waals surface area contributed by atoms with Crippen molar-refractivity contribution < 1.29 is 18.1 Å². The summed E-state index contributed by atoms with van der Waals surface area (Å²) in [6.07, 6.45) is 3.33. The van der Waals surface area contributed by atoms with Gasteiger partial charge in [-0.1, -0.05) is 19.8 Å². The maximum atomic E-state index is 9.67. The van der Waals surface area contributed by atoms with Gasteiger partial charge in [-0.15, -0.1) is 0 Å². The molecular weight excluding hydrogens is 144 g/mol. The summed E-state index contributed by atoms with van der Waals surface area (Å²) in [5.74, 6) is 0. The first kappa shape index (κ1) is 12.5. The Hall–Kier alpha value is -0.185. The van der Waals surface area contributed by atoms with E-state index < -0.39 is 7.54 Å². The summed E-state index contributed by atoms with van der Waals surface area (Å²) in [6.45, 7) is 2.48. The summed E-state index contributed by atoms with van der Waals surface area (Å²) in [6, 6.07) is 0. The molecule has 0 amide bonds. The van der Waals surface area contributed by atoms with Crippen molar-refractivity contribution in [3.8, 4) is 0 Å². The van der Waals surface area contributed by atoms with Gasteiger partial charge >= 0.3 is 7.54 Å². The van der Waals surface area contributed by atoms with Gasteiger partial charge in [0.15, 0.2) is 0 Å². The minimum atomic E-state index is -3.67. The molecule has 0 bridgehead atoms. The van der Waals surface area contributed by atoms with Crippen molar-refractivity contribution in [2.45, 2.75) is 26.2 Å². The predicted molar refractivity (Wildman–Crippen MR) is 35.7 cm³/mol. The molecule has 0 rings (SSSR count). The first-order chi connectivity index (χ1) is 4.65. The highest BCUT2D eigenvalue weighted by Crippen LogP contribution is 1.89. The molecule has 5 heteroatoms. The Morgan fingerprint density at radius 2 is 1.60 bits per heavy atom. The van der Waals surface area contributed by atoms with Gasteiger partial charge < -0.3 is 5.11 Å². The number of unbranched alkanes of at least 4 members (excludes halogenated alkanes) is 2. The van der Waals surface area contributed by atoms with Gasteiger partial charge in [-0.3, -0.25) is 12.9 Å². The van der Waals surface area contributed by atoms with Crippen LogP contribution in [-0.4, -0.2) is 19.3 Å². The quantitative estimate of drug-likeness (QED) is 0.489. The molecule has 1 N–H and O–H groups in total. The van der Waals surface area contributed by atoms with Gasteiger partial charge in [0.1, 0.15) is 0 Å². The minimum absolute atomic E-state index is 0.355. The average molecular weight is 156 g/mol. The van der Waals surface area contributed by atoms with E-state index in [0.717, 1.165) is 12.8 Å². The van der Waals surface area contributed by atoms with Crippen LogP contribution in [0.1, 0.15) is 26.2 Å². The second-order valence-electron chi connectivity index (χ2n) is 1.68. The van der Waals surface area contributed by atoms with E-state index in [-0.39, 0.29) is 0 Å². The first-order valence-corrected chi connectivity index (χ1v) is 3.18. The average Bonchev–Trinajstić information content (AvgIpc) is 1.82. The fraction of sp³-hybridized carbons (Fsp3) is 1.00. The molecule has 0 aromatic rings. The predicted octanol–water partition coefficient (Wildman–Crippen LogP) is 2.05. The van der Waals surface area contributed by atoms with Gasteiger partial charge in [0.05, 0.1) is 0 Å². The second-order valence-corrected chi connectivity index (χ2v) is 1.68. The summed E-state index contributed by atoms with van der Waals surface area (Å²) in [5.41, 5.74) is 0. The summed E-state index contributed by atoms with van der Waals surface area (Å²) < 4.78 is 29.0. The Bertz CT molecular complexity index is 47.4. The SMILES string of the molecule is CCCCCO.FB(F)F. The molecule has 0 saturated heterocycles. The molecule has 0 spiro atoms. The van der Waals surface area contributed by atoms with Crippen molar-refractivity contribution >= 4 is 7.54 Å². The van der Waals surface area contributed by atoms with Gasteiger partial charge in [-0.05, 0) is 6.42 Å². The van der Waals surface area contributed by atoms with E-state index in [9.17, 15) is 12.9 Å². The van der Waals surface area contributed by atoms with E-state index in [2.05, 4.69) is 6.92 Å². The molecule has 0 aromatic heterocycles. The molecule has 0 fully saturated rings. The van der Waals surface area contributed by atoms with Gasteiger partial charge in [-0.25, -0.2) is 0 Å². The minimum Gasteiger partial charge on any atom is -0.396 e. The van der Waals surface area contributed by atoms with Crippen LogP contribution in [0.3, 0.4) is 0 Å². The monoisotopic (exact) mass is 156 g/mol. The van der Waals surface area contributed by atoms with Crippen molar-refractivity contribution in [2.75, 3.05) is 6.61 Å². The van der Waals surface area contributed by atoms with E-state index in [1.807, 2.05) is 0 Å². The molecule has 62 valence electrons. The molecule has 0 saturated carbocycles. The number of rotatable bonds is 3. The summed E-state index contributed by atoms with van der Waals surface area (Å²) in [7, 11) is -3.67. The van der Waals surface area contributed by atoms with Crippen LogP contribution >= 0.6 is 0 Å².